The van der Waals surface area contributed by atoms with Gasteiger partial charge in [0.05, 0.1) is 13.2 Å². The number of allylic oxidation sites excluding steroid dienone is 2. The summed E-state index contributed by atoms with van der Waals surface area (Å²) in [5.74, 6) is 0. The Labute approximate surface area is 191 Å². The average molecular weight is 443 g/mol. The summed E-state index contributed by atoms with van der Waals surface area (Å²) in [5, 5.41) is 28.6. The largest absolute Gasteiger partial charge is 0.394 e. The van der Waals surface area contributed by atoms with Crippen molar-refractivity contribution < 1.29 is 24.8 Å². The fourth-order valence-electron chi connectivity index (χ4n) is 4.14. The van der Waals surface area contributed by atoms with Gasteiger partial charge in [0.25, 0.3) is 0 Å². The van der Waals surface area contributed by atoms with E-state index in [-0.39, 0.29) is 6.61 Å². The van der Waals surface area contributed by atoms with Crippen LogP contribution in [0.4, 0.5) is 0 Å². The summed E-state index contributed by atoms with van der Waals surface area (Å²) in [5.41, 5.74) is 0. The van der Waals surface area contributed by atoms with Crippen molar-refractivity contribution in [2.24, 2.45) is 0 Å². The number of aliphatic hydroxyl groups is 3. The van der Waals surface area contributed by atoms with E-state index in [1.807, 2.05) is 0 Å². The molecule has 0 unspecified atom stereocenters. The molecule has 5 heteroatoms. The number of aliphatic hydroxyl groups excluding tert-OH is 3. The summed E-state index contributed by atoms with van der Waals surface area (Å²) >= 11 is 0. The molecule has 1 rings (SSSR count). The average Bonchev–Trinajstić information content (AvgIpc) is 3.15. The lowest BCUT2D eigenvalue weighted by molar-refractivity contribution is -0.0730. The second kappa shape index (κ2) is 20.2. The van der Waals surface area contributed by atoms with E-state index in [1.165, 1.54) is 83.5 Å². The smallest absolute Gasteiger partial charge is 0.114 e. The van der Waals surface area contributed by atoms with Gasteiger partial charge in [0, 0.05) is 6.61 Å². The zero-order chi connectivity index (χ0) is 22.6. The summed E-state index contributed by atoms with van der Waals surface area (Å²) in [6.07, 6.45) is 22.5. The van der Waals surface area contributed by atoms with Crippen molar-refractivity contribution in [2.75, 3.05) is 19.8 Å². The van der Waals surface area contributed by atoms with Crippen LogP contribution >= 0.6 is 0 Å². The summed E-state index contributed by atoms with van der Waals surface area (Å²) in [6.45, 7) is 2.71. The maximum Gasteiger partial charge on any atom is 0.114 e. The zero-order valence-corrected chi connectivity index (χ0v) is 20.1. The van der Waals surface area contributed by atoms with Crippen molar-refractivity contribution in [3.63, 3.8) is 0 Å². The van der Waals surface area contributed by atoms with Gasteiger partial charge in [0.2, 0.25) is 0 Å². The second-order valence-corrected chi connectivity index (χ2v) is 9.09. The third-order valence-corrected chi connectivity index (χ3v) is 6.22. The van der Waals surface area contributed by atoms with Crippen LogP contribution in [-0.4, -0.2) is 59.6 Å². The van der Waals surface area contributed by atoms with Gasteiger partial charge in [0.15, 0.2) is 0 Å². The lowest BCUT2D eigenvalue weighted by atomic mass is 10.0. The van der Waals surface area contributed by atoms with Crippen molar-refractivity contribution in [1.29, 1.82) is 0 Å². The summed E-state index contributed by atoms with van der Waals surface area (Å²) in [7, 11) is 0. The van der Waals surface area contributed by atoms with Gasteiger partial charge in [-0.25, -0.2) is 0 Å². The molecular weight excluding hydrogens is 392 g/mol. The highest BCUT2D eigenvalue weighted by Crippen LogP contribution is 2.20. The van der Waals surface area contributed by atoms with Crippen LogP contribution in [-0.2, 0) is 9.47 Å². The molecule has 0 bridgehead atoms. The first-order valence-corrected chi connectivity index (χ1v) is 13.1. The van der Waals surface area contributed by atoms with Crippen molar-refractivity contribution >= 4 is 0 Å². The molecule has 1 aliphatic heterocycles. The van der Waals surface area contributed by atoms with Crippen molar-refractivity contribution in [1.82, 2.24) is 0 Å². The lowest BCUT2D eigenvalue weighted by Crippen LogP contribution is -2.41. The van der Waals surface area contributed by atoms with Gasteiger partial charge in [-0.2, -0.15) is 0 Å². The van der Waals surface area contributed by atoms with Crippen LogP contribution in [0.1, 0.15) is 110 Å². The minimum Gasteiger partial charge on any atom is -0.394 e. The third-order valence-electron chi connectivity index (χ3n) is 6.22. The molecule has 0 aromatic rings. The van der Waals surface area contributed by atoms with Gasteiger partial charge in [-0.1, -0.05) is 89.7 Å². The topological polar surface area (TPSA) is 79.2 Å². The van der Waals surface area contributed by atoms with E-state index >= 15 is 0 Å². The quantitative estimate of drug-likeness (QED) is 0.166. The van der Waals surface area contributed by atoms with Crippen molar-refractivity contribution in [3.8, 4) is 0 Å². The molecular formula is C26H50O5. The maximum atomic E-state index is 10.1. The Bertz CT molecular complexity index is 415. The SMILES string of the molecule is CCCCCCCCCCCCCC/C=C/CCCCO[C@@H]1CO[C@H]([C@@H](O)CO)[C@@H]1O. The highest BCUT2D eigenvalue weighted by molar-refractivity contribution is 4.88. The fraction of sp³-hybridized carbons (Fsp3) is 0.923. The Balaban J connectivity index is 1.81. The first kappa shape index (κ1) is 28.6. The van der Waals surface area contributed by atoms with Crippen LogP contribution < -0.4 is 0 Å². The molecule has 5 nitrogen and oxygen atoms in total. The molecule has 0 aromatic carbocycles. The molecule has 3 N–H and O–H groups in total. The lowest BCUT2D eigenvalue weighted by Gasteiger charge is -2.20. The van der Waals surface area contributed by atoms with E-state index in [9.17, 15) is 10.2 Å². The normalized spacial score (nSPS) is 22.5. The van der Waals surface area contributed by atoms with Crippen LogP contribution in [0.5, 0.6) is 0 Å². The Kier molecular flexibility index (Phi) is 18.6. The molecule has 0 aliphatic carbocycles. The standard InChI is InChI=1S/C26H50O5/c1-2-3-4-5-6-7-8-9-10-11-12-13-14-15-16-17-18-19-20-30-24-22-31-26(25(24)29)23(28)21-27/h15-16,23-29H,2-14,17-22H2,1H3/b16-15+/t23-,24+,25+,26+/m0/s1. The predicted octanol–water partition coefficient (Wildman–Crippen LogP) is 5.30. The number of hydrogen-bond acceptors (Lipinski definition) is 5. The Morgan fingerprint density at radius 2 is 1.35 bits per heavy atom. The molecule has 0 saturated carbocycles. The minimum atomic E-state index is -1.06. The molecule has 184 valence electrons. The van der Waals surface area contributed by atoms with Crippen molar-refractivity contribution in [2.45, 2.75) is 134 Å². The van der Waals surface area contributed by atoms with Gasteiger partial charge in [-0.3, -0.25) is 0 Å². The van der Waals surface area contributed by atoms with Crippen LogP contribution in [0.3, 0.4) is 0 Å². The van der Waals surface area contributed by atoms with Gasteiger partial charge in [-0.15, -0.1) is 0 Å². The summed E-state index contributed by atoms with van der Waals surface area (Å²) in [4.78, 5) is 0. The van der Waals surface area contributed by atoms with E-state index in [4.69, 9.17) is 14.6 Å². The number of unbranched alkanes of at least 4 members (excludes halogenated alkanes) is 14. The molecule has 1 saturated heterocycles. The van der Waals surface area contributed by atoms with E-state index in [2.05, 4.69) is 19.1 Å². The van der Waals surface area contributed by atoms with Crippen LogP contribution in [0.25, 0.3) is 0 Å². The van der Waals surface area contributed by atoms with Crippen molar-refractivity contribution in [3.05, 3.63) is 12.2 Å². The maximum absolute atomic E-state index is 10.1. The van der Waals surface area contributed by atoms with Gasteiger partial charge < -0.3 is 24.8 Å². The van der Waals surface area contributed by atoms with Crippen LogP contribution in [0.2, 0.25) is 0 Å². The molecule has 1 aliphatic rings. The second-order valence-electron chi connectivity index (χ2n) is 9.09. The summed E-state index contributed by atoms with van der Waals surface area (Å²) in [6, 6.07) is 0. The fourth-order valence-corrected chi connectivity index (χ4v) is 4.14. The first-order chi connectivity index (χ1) is 15.2. The monoisotopic (exact) mass is 442 g/mol. The molecule has 0 amide bonds. The van der Waals surface area contributed by atoms with E-state index in [1.54, 1.807) is 0 Å². The highest BCUT2D eigenvalue weighted by Gasteiger charge is 2.40. The number of hydrogen-bond donors (Lipinski definition) is 3. The Hall–Kier alpha value is -0.460. The van der Waals surface area contributed by atoms with E-state index in [0.29, 0.717) is 6.61 Å². The molecule has 1 heterocycles. The molecule has 0 aromatic heterocycles. The molecule has 0 radical (unpaired) electrons. The molecule has 31 heavy (non-hydrogen) atoms. The zero-order valence-electron chi connectivity index (χ0n) is 20.1. The molecule has 0 spiro atoms. The Morgan fingerprint density at radius 1 is 0.839 bits per heavy atom. The number of ether oxygens (including phenoxy) is 2. The van der Waals surface area contributed by atoms with Gasteiger partial charge in [0.1, 0.15) is 24.4 Å². The van der Waals surface area contributed by atoms with Gasteiger partial charge >= 0.3 is 0 Å². The highest BCUT2D eigenvalue weighted by atomic mass is 16.6. The Morgan fingerprint density at radius 3 is 1.90 bits per heavy atom. The van der Waals surface area contributed by atoms with Gasteiger partial charge in [-0.05, 0) is 32.1 Å². The van der Waals surface area contributed by atoms with Crippen LogP contribution in [0.15, 0.2) is 12.2 Å². The number of rotatable bonds is 21. The van der Waals surface area contributed by atoms with E-state index in [0.717, 1.165) is 19.3 Å². The van der Waals surface area contributed by atoms with E-state index < -0.39 is 31.0 Å². The van der Waals surface area contributed by atoms with Crippen LogP contribution in [0, 0.1) is 0 Å². The molecule has 1 fully saturated rings. The summed E-state index contributed by atoms with van der Waals surface area (Å²) < 4.78 is 11.0. The molecule has 4 atom stereocenters. The minimum absolute atomic E-state index is 0.266. The predicted molar refractivity (Wildman–Crippen MR) is 127 cm³/mol. The third kappa shape index (κ3) is 14.3. The first-order valence-electron chi connectivity index (χ1n) is 13.1.